The molecule has 0 radical (unpaired) electrons. The van der Waals surface area contributed by atoms with Gasteiger partial charge < -0.3 is 14.6 Å². The minimum Gasteiger partial charge on any atom is -0.437 e. The van der Waals surface area contributed by atoms with Gasteiger partial charge in [0.15, 0.2) is 6.73 Å². The summed E-state index contributed by atoms with van der Waals surface area (Å²) in [5.74, 6) is -2.44. The maximum atomic E-state index is 13.7. The topological polar surface area (TPSA) is 84.1 Å². The van der Waals surface area contributed by atoms with Gasteiger partial charge in [-0.1, -0.05) is 23.7 Å². The molecule has 29 heavy (non-hydrogen) atoms. The van der Waals surface area contributed by atoms with Crippen LogP contribution in [0.3, 0.4) is 0 Å². The number of benzene rings is 1. The van der Waals surface area contributed by atoms with E-state index in [9.17, 15) is 28.0 Å². The molecule has 0 aliphatic rings. The van der Waals surface area contributed by atoms with Crippen LogP contribution in [0.2, 0.25) is 5.02 Å². The number of hydrogen-bond acceptors (Lipinski definition) is 4. The fourth-order valence-electron chi connectivity index (χ4n) is 2.51. The zero-order valence-electron chi connectivity index (χ0n) is 15.1. The molecular weight excluding hydrogens is 479 g/mol. The molecule has 0 saturated carbocycles. The number of carbonyl (C=O) groups is 2. The highest BCUT2D eigenvalue weighted by atomic mass is 79.9. The fraction of sp³-hybridized carbons (Fsp3) is 0.278. The lowest BCUT2D eigenvalue weighted by molar-refractivity contribution is -0.161. The number of nitriles is 1. The highest BCUT2D eigenvalue weighted by Crippen LogP contribution is 2.43. The summed E-state index contributed by atoms with van der Waals surface area (Å²) in [5.41, 5.74) is -1.43. The summed E-state index contributed by atoms with van der Waals surface area (Å²) in [7, 11) is 0. The third-order valence-corrected chi connectivity index (χ3v) is 4.66. The van der Waals surface area contributed by atoms with Crippen molar-refractivity contribution >= 4 is 39.4 Å². The summed E-state index contributed by atoms with van der Waals surface area (Å²) in [6.45, 7) is 2.28. The lowest BCUT2D eigenvalue weighted by Gasteiger charge is -2.16. The molecule has 154 valence electrons. The molecule has 1 heterocycles. The van der Waals surface area contributed by atoms with Crippen LogP contribution < -0.4 is 5.32 Å². The molecule has 1 aromatic heterocycles. The summed E-state index contributed by atoms with van der Waals surface area (Å²) >= 11 is 8.65. The van der Waals surface area contributed by atoms with Crippen LogP contribution in [0, 0.1) is 11.3 Å². The summed E-state index contributed by atoms with van der Waals surface area (Å²) < 4.78 is 45.9. The van der Waals surface area contributed by atoms with Crippen molar-refractivity contribution in [3.8, 4) is 17.3 Å². The van der Waals surface area contributed by atoms with E-state index in [1.807, 2.05) is 0 Å². The van der Waals surface area contributed by atoms with E-state index in [1.165, 1.54) is 24.3 Å². The number of nitrogens with one attached hydrogen (secondary N) is 1. The second kappa shape index (κ2) is 8.88. The lowest BCUT2D eigenvalue weighted by Crippen LogP contribution is -2.37. The van der Waals surface area contributed by atoms with Gasteiger partial charge in [0.2, 0.25) is 0 Å². The SMILES string of the molecule is CC(C)NC(=O)C(=O)OCn1c(-c2ccc(Cl)cc2)c(C#N)c(Br)c1C(F)(F)F. The molecule has 1 amide bonds. The molecule has 0 bridgehead atoms. The van der Waals surface area contributed by atoms with E-state index in [0.717, 1.165) is 0 Å². The number of nitrogens with zero attached hydrogens (tertiary/aromatic N) is 2. The first-order valence-corrected chi connectivity index (χ1v) is 9.27. The third-order valence-electron chi connectivity index (χ3n) is 3.63. The summed E-state index contributed by atoms with van der Waals surface area (Å²) in [4.78, 5) is 23.5. The predicted octanol–water partition coefficient (Wildman–Crippen LogP) is 4.49. The molecule has 1 N–H and O–H groups in total. The van der Waals surface area contributed by atoms with Crippen molar-refractivity contribution in [2.24, 2.45) is 0 Å². The van der Waals surface area contributed by atoms with Crippen LogP contribution in [0.15, 0.2) is 28.7 Å². The maximum absolute atomic E-state index is 13.7. The van der Waals surface area contributed by atoms with Crippen molar-refractivity contribution in [2.75, 3.05) is 0 Å². The number of esters is 1. The molecule has 6 nitrogen and oxygen atoms in total. The first kappa shape index (κ1) is 22.8. The van der Waals surface area contributed by atoms with Gasteiger partial charge in [-0.15, -0.1) is 0 Å². The van der Waals surface area contributed by atoms with Crippen molar-refractivity contribution in [3.63, 3.8) is 0 Å². The Kier molecular flexibility index (Phi) is 6.97. The van der Waals surface area contributed by atoms with E-state index in [1.54, 1.807) is 19.9 Å². The summed E-state index contributed by atoms with van der Waals surface area (Å²) in [5, 5.41) is 12.1. The number of ether oxygens (including phenoxy) is 1. The minimum atomic E-state index is -4.87. The van der Waals surface area contributed by atoms with Gasteiger partial charge in [0.1, 0.15) is 11.8 Å². The number of carbonyl (C=O) groups excluding carboxylic acids is 2. The monoisotopic (exact) mass is 491 g/mol. The predicted molar refractivity (Wildman–Crippen MR) is 102 cm³/mol. The Labute approximate surface area is 177 Å². The second-order valence-electron chi connectivity index (χ2n) is 6.12. The largest absolute Gasteiger partial charge is 0.437 e. The highest BCUT2D eigenvalue weighted by Gasteiger charge is 2.41. The quantitative estimate of drug-likeness (QED) is 0.504. The summed E-state index contributed by atoms with van der Waals surface area (Å²) in [6.07, 6.45) is -4.87. The normalized spacial score (nSPS) is 11.3. The van der Waals surface area contributed by atoms with Gasteiger partial charge >= 0.3 is 18.1 Å². The number of aromatic nitrogens is 1. The molecule has 0 unspecified atom stereocenters. The van der Waals surface area contributed by atoms with Crippen molar-refractivity contribution in [3.05, 3.63) is 45.0 Å². The standard InChI is InChI=1S/C18H14BrClF3N3O3/c1-9(2)25-16(27)17(28)29-8-26-14(10-3-5-11(20)6-4-10)12(7-24)13(19)15(26)18(21,22)23/h3-6,9H,8H2,1-2H3,(H,25,27). The Bertz CT molecular complexity index is 979. The second-order valence-corrected chi connectivity index (χ2v) is 7.35. The van der Waals surface area contributed by atoms with Gasteiger partial charge in [0.25, 0.3) is 0 Å². The van der Waals surface area contributed by atoms with Crippen LogP contribution in [0.4, 0.5) is 13.2 Å². The van der Waals surface area contributed by atoms with Gasteiger partial charge in [0.05, 0.1) is 15.7 Å². The average Bonchev–Trinajstić information content (AvgIpc) is 2.91. The lowest BCUT2D eigenvalue weighted by atomic mass is 10.1. The van der Waals surface area contributed by atoms with E-state index in [0.29, 0.717) is 9.59 Å². The van der Waals surface area contributed by atoms with Crippen molar-refractivity contribution < 1.29 is 27.5 Å². The number of rotatable bonds is 4. The van der Waals surface area contributed by atoms with Crippen molar-refractivity contribution in [1.29, 1.82) is 5.26 Å². The Hall–Kier alpha value is -2.51. The molecule has 0 spiro atoms. The zero-order chi connectivity index (χ0) is 21.9. The van der Waals surface area contributed by atoms with Gasteiger partial charge in [-0.2, -0.15) is 18.4 Å². The van der Waals surface area contributed by atoms with E-state index in [-0.39, 0.29) is 22.9 Å². The van der Waals surface area contributed by atoms with E-state index >= 15 is 0 Å². The van der Waals surface area contributed by atoms with Gasteiger partial charge in [-0.25, -0.2) is 4.79 Å². The van der Waals surface area contributed by atoms with Crippen molar-refractivity contribution in [2.45, 2.75) is 32.8 Å². The molecule has 0 fully saturated rings. The van der Waals surface area contributed by atoms with Crippen LogP contribution in [0.1, 0.15) is 25.1 Å². The average molecular weight is 493 g/mol. The van der Waals surface area contributed by atoms with Crippen molar-refractivity contribution in [1.82, 2.24) is 9.88 Å². The maximum Gasteiger partial charge on any atom is 0.432 e. The van der Waals surface area contributed by atoms with Gasteiger partial charge in [-0.3, -0.25) is 4.79 Å². The number of halogens is 5. The number of hydrogen-bond donors (Lipinski definition) is 1. The molecule has 2 rings (SSSR count). The number of alkyl halides is 3. The molecule has 0 saturated heterocycles. The molecule has 0 aliphatic carbocycles. The first-order valence-electron chi connectivity index (χ1n) is 8.10. The minimum absolute atomic E-state index is 0.138. The molecule has 2 aromatic rings. The van der Waals surface area contributed by atoms with Crippen LogP contribution in [0.25, 0.3) is 11.3 Å². The van der Waals surface area contributed by atoms with Gasteiger partial charge in [0, 0.05) is 11.1 Å². The Morgan fingerprint density at radius 3 is 2.38 bits per heavy atom. The van der Waals surface area contributed by atoms with Crippen LogP contribution >= 0.6 is 27.5 Å². The van der Waals surface area contributed by atoms with E-state index in [2.05, 4.69) is 21.2 Å². The van der Waals surface area contributed by atoms with E-state index in [4.69, 9.17) is 16.3 Å². The van der Waals surface area contributed by atoms with Crippen LogP contribution in [0.5, 0.6) is 0 Å². The molecule has 0 atom stereocenters. The molecular formula is C18H14BrClF3N3O3. The Morgan fingerprint density at radius 2 is 1.90 bits per heavy atom. The first-order chi connectivity index (χ1) is 13.5. The smallest absolute Gasteiger partial charge is 0.432 e. The molecule has 1 aromatic carbocycles. The van der Waals surface area contributed by atoms with Crippen LogP contribution in [-0.2, 0) is 27.2 Å². The Morgan fingerprint density at radius 1 is 1.31 bits per heavy atom. The van der Waals surface area contributed by atoms with Gasteiger partial charge in [-0.05, 0) is 47.5 Å². The molecule has 11 heteroatoms. The number of amides is 1. The Balaban J connectivity index is 2.56. The fourth-order valence-corrected chi connectivity index (χ4v) is 3.36. The molecule has 0 aliphatic heterocycles. The van der Waals surface area contributed by atoms with E-state index < -0.39 is 35.0 Å². The zero-order valence-corrected chi connectivity index (χ0v) is 17.4. The third kappa shape index (κ3) is 5.10. The highest BCUT2D eigenvalue weighted by molar-refractivity contribution is 9.10. The van der Waals surface area contributed by atoms with Crippen LogP contribution in [-0.4, -0.2) is 22.5 Å². The summed E-state index contributed by atoms with van der Waals surface area (Å²) in [6, 6.07) is 7.10.